The summed E-state index contributed by atoms with van der Waals surface area (Å²) in [5.41, 5.74) is 0. The lowest BCUT2D eigenvalue weighted by Crippen LogP contribution is -2.34. The lowest BCUT2D eigenvalue weighted by Gasteiger charge is -2.18. The van der Waals surface area contributed by atoms with Gasteiger partial charge < -0.3 is 15.0 Å². The maximum absolute atomic E-state index is 9.29. The fourth-order valence-corrected chi connectivity index (χ4v) is 1.98. The minimum Gasteiger partial charge on any atom is -0.395 e. The number of rotatable bonds is 8. The summed E-state index contributed by atoms with van der Waals surface area (Å²) in [5, 5.41) is 12.7. The first-order valence-electron chi connectivity index (χ1n) is 6.51. The highest BCUT2D eigenvalue weighted by Gasteiger charge is 2.10. The highest BCUT2D eigenvalue weighted by molar-refractivity contribution is 4.92. The average Bonchev–Trinajstić information content (AvgIpc) is 2.72. The Morgan fingerprint density at radius 1 is 1.47 bits per heavy atom. The first kappa shape index (κ1) is 14.2. The van der Waals surface area contributed by atoms with Gasteiger partial charge in [0.2, 0.25) is 0 Å². The van der Waals surface area contributed by atoms with E-state index in [4.69, 9.17) is 0 Å². The van der Waals surface area contributed by atoms with Crippen LogP contribution in [0.5, 0.6) is 0 Å². The fourth-order valence-electron chi connectivity index (χ4n) is 1.98. The van der Waals surface area contributed by atoms with Gasteiger partial charge in [0, 0.05) is 25.0 Å². The zero-order chi connectivity index (χ0) is 12.7. The molecule has 0 spiro atoms. The van der Waals surface area contributed by atoms with E-state index in [1.807, 2.05) is 12.4 Å². The highest BCUT2D eigenvalue weighted by Crippen LogP contribution is 2.06. The van der Waals surface area contributed by atoms with Crippen molar-refractivity contribution in [2.24, 2.45) is 5.92 Å². The molecule has 0 saturated carbocycles. The number of aliphatic hydroxyl groups is 1. The molecule has 0 bridgehead atoms. The van der Waals surface area contributed by atoms with Crippen LogP contribution in [0.15, 0.2) is 12.4 Å². The van der Waals surface area contributed by atoms with Crippen LogP contribution in [0.1, 0.15) is 39.4 Å². The molecule has 0 aromatic carbocycles. The van der Waals surface area contributed by atoms with E-state index in [0.29, 0.717) is 5.92 Å². The van der Waals surface area contributed by atoms with Gasteiger partial charge in [-0.1, -0.05) is 20.8 Å². The van der Waals surface area contributed by atoms with Crippen molar-refractivity contribution in [3.8, 4) is 0 Å². The van der Waals surface area contributed by atoms with Gasteiger partial charge in [0.25, 0.3) is 0 Å². The Labute approximate surface area is 104 Å². The van der Waals surface area contributed by atoms with Crippen LogP contribution in [-0.4, -0.2) is 27.3 Å². The molecule has 0 radical (unpaired) electrons. The standard InChI is InChI=1S/C13H25N3O/c1-4-6-16-7-5-14-13(16)9-15-12(10-17)8-11(2)3/h5,7,11-12,15,17H,4,6,8-10H2,1-3H3. The van der Waals surface area contributed by atoms with Gasteiger partial charge in [-0.3, -0.25) is 0 Å². The molecule has 2 N–H and O–H groups in total. The monoisotopic (exact) mass is 239 g/mol. The van der Waals surface area contributed by atoms with Gasteiger partial charge in [-0.05, 0) is 18.8 Å². The minimum atomic E-state index is 0.168. The van der Waals surface area contributed by atoms with Crippen LogP contribution >= 0.6 is 0 Å². The van der Waals surface area contributed by atoms with E-state index >= 15 is 0 Å². The summed E-state index contributed by atoms with van der Waals surface area (Å²) in [5.74, 6) is 1.64. The Kier molecular flexibility index (Phi) is 6.22. The van der Waals surface area contributed by atoms with Crippen LogP contribution in [0.4, 0.5) is 0 Å². The number of hydrogen-bond acceptors (Lipinski definition) is 3. The van der Waals surface area contributed by atoms with Gasteiger partial charge in [-0.2, -0.15) is 0 Å². The third-order valence-electron chi connectivity index (χ3n) is 2.79. The Balaban J connectivity index is 2.44. The highest BCUT2D eigenvalue weighted by atomic mass is 16.3. The number of imidazole rings is 1. The molecule has 0 aliphatic rings. The Morgan fingerprint density at radius 2 is 2.24 bits per heavy atom. The molecule has 4 heteroatoms. The number of nitrogens with zero attached hydrogens (tertiary/aromatic N) is 2. The zero-order valence-electron chi connectivity index (χ0n) is 11.2. The van der Waals surface area contributed by atoms with Crippen LogP contribution < -0.4 is 5.32 Å². The van der Waals surface area contributed by atoms with E-state index in [-0.39, 0.29) is 12.6 Å². The predicted molar refractivity (Wildman–Crippen MR) is 69.7 cm³/mol. The second kappa shape index (κ2) is 7.45. The van der Waals surface area contributed by atoms with E-state index in [2.05, 4.69) is 35.6 Å². The first-order chi connectivity index (χ1) is 8.17. The summed E-state index contributed by atoms with van der Waals surface area (Å²) >= 11 is 0. The summed E-state index contributed by atoms with van der Waals surface area (Å²) < 4.78 is 2.16. The number of nitrogens with one attached hydrogen (secondary N) is 1. The summed E-state index contributed by atoms with van der Waals surface area (Å²) in [6, 6.07) is 0.168. The normalized spacial score (nSPS) is 13.2. The van der Waals surface area contributed by atoms with Crippen molar-refractivity contribution < 1.29 is 5.11 Å². The van der Waals surface area contributed by atoms with Crippen LogP contribution in [0.2, 0.25) is 0 Å². The van der Waals surface area contributed by atoms with Gasteiger partial charge >= 0.3 is 0 Å². The quantitative estimate of drug-likeness (QED) is 0.727. The molecular formula is C13H25N3O. The lowest BCUT2D eigenvalue weighted by atomic mass is 10.0. The molecule has 98 valence electrons. The first-order valence-corrected chi connectivity index (χ1v) is 6.51. The summed E-state index contributed by atoms with van der Waals surface area (Å²) in [6.07, 6.45) is 5.95. The van der Waals surface area contributed by atoms with E-state index in [1.165, 1.54) is 0 Å². The van der Waals surface area contributed by atoms with Crippen molar-refractivity contribution >= 4 is 0 Å². The second-order valence-corrected chi connectivity index (χ2v) is 4.93. The van der Waals surface area contributed by atoms with Crippen LogP contribution in [0.3, 0.4) is 0 Å². The molecule has 17 heavy (non-hydrogen) atoms. The molecule has 0 amide bonds. The third kappa shape index (κ3) is 4.88. The number of aryl methyl sites for hydroxylation is 1. The van der Waals surface area contributed by atoms with E-state index in [9.17, 15) is 5.11 Å². The Hall–Kier alpha value is -0.870. The van der Waals surface area contributed by atoms with E-state index in [1.54, 1.807) is 0 Å². The topological polar surface area (TPSA) is 50.1 Å². The number of aromatic nitrogens is 2. The third-order valence-corrected chi connectivity index (χ3v) is 2.79. The van der Waals surface area contributed by atoms with Gasteiger partial charge in [0.05, 0.1) is 13.2 Å². The molecule has 1 atom stereocenters. The summed E-state index contributed by atoms with van der Waals surface area (Å²) in [7, 11) is 0. The molecular weight excluding hydrogens is 214 g/mol. The van der Waals surface area contributed by atoms with Crippen molar-refractivity contribution in [3.63, 3.8) is 0 Å². The number of aliphatic hydroxyl groups excluding tert-OH is 1. The largest absolute Gasteiger partial charge is 0.395 e. The summed E-state index contributed by atoms with van der Waals surface area (Å²) in [4.78, 5) is 4.34. The van der Waals surface area contributed by atoms with E-state index < -0.39 is 0 Å². The maximum atomic E-state index is 9.29. The van der Waals surface area contributed by atoms with Gasteiger partial charge in [0.1, 0.15) is 5.82 Å². The molecule has 1 aromatic rings. The lowest BCUT2D eigenvalue weighted by molar-refractivity contribution is 0.222. The van der Waals surface area contributed by atoms with Gasteiger partial charge in [-0.15, -0.1) is 0 Å². The molecule has 1 aromatic heterocycles. The van der Waals surface area contributed by atoms with Crippen molar-refractivity contribution in [3.05, 3.63) is 18.2 Å². The summed E-state index contributed by atoms with van der Waals surface area (Å²) in [6.45, 7) is 8.42. The zero-order valence-corrected chi connectivity index (χ0v) is 11.2. The maximum Gasteiger partial charge on any atom is 0.122 e. The Bertz CT molecular complexity index is 309. The average molecular weight is 239 g/mol. The van der Waals surface area contributed by atoms with E-state index in [0.717, 1.165) is 31.8 Å². The Morgan fingerprint density at radius 3 is 2.82 bits per heavy atom. The molecule has 0 aliphatic heterocycles. The predicted octanol–water partition coefficient (Wildman–Crippen LogP) is 1.79. The van der Waals surface area contributed by atoms with Crippen LogP contribution in [-0.2, 0) is 13.1 Å². The molecule has 0 aliphatic carbocycles. The molecule has 0 saturated heterocycles. The fraction of sp³-hybridized carbons (Fsp3) is 0.769. The van der Waals surface area contributed by atoms with Gasteiger partial charge in [-0.25, -0.2) is 4.98 Å². The van der Waals surface area contributed by atoms with Crippen LogP contribution in [0, 0.1) is 5.92 Å². The number of hydrogen-bond donors (Lipinski definition) is 2. The van der Waals surface area contributed by atoms with Crippen molar-refractivity contribution in [2.45, 2.75) is 52.7 Å². The van der Waals surface area contributed by atoms with Crippen LogP contribution in [0.25, 0.3) is 0 Å². The molecule has 1 rings (SSSR count). The minimum absolute atomic E-state index is 0.168. The van der Waals surface area contributed by atoms with Gasteiger partial charge in [0.15, 0.2) is 0 Å². The molecule has 1 unspecified atom stereocenters. The molecule has 0 fully saturated rings. The van der Waals surface area contributed by atoms with Crippen molar-refractivity contribution in [1.82, 2.24) is 14.9 Å². The second-order valence-electron chi connectivity index (χ2n) is 4.93. The molecule has 1 heterocycles. The SMILES string of the molecule is CCCn1ccnc1CNC(CO)CC(C)C. The smallest absolute Gasteiger partial charge is 0.122 e. The van der Waals surface area contributed by atoms with Crippen molar-refractivity contribution in [1.29, 1.82) is 0 Å². The van der Waals surface area contributed by atoms with Crippen molar-refractivity contribution in [2.75, 3.05) is 6.61 Å². The molecule has 4 nitrogen and oxygen atoms in total.